The topological polar surface area (TPSA) is 108 Å². The molecule has 0 radical (unpaired) electrons. The van der Waals surface area contributed by atoms with Gasteiger partial charge >= 0.3 is 0 Å². The molecule has 0 saturated carbocycles. The van der Waals surface area contributed by atoms with E-state index in [1.54, 1.807) is 25.6 Å². The zero-order valence-electron chi connectivity index (χ0n) is 9.14. The molecule has 0 saturated heterocycles. The minimum absolute atomic E-state index is 0.119. The second-order valence-corrected chi connectivity index (χ2v) is 3.17. The van der Waals surface area contributed by atoms with Crippen LogP contribution in [0.4, 0.5) is 0 Å². The molecule has 0 fully saturated rings. The highest BCUT2D eigenvalue weighted by Crippen LogP contribution is 2.08. The van der Waals surface area contributed by atoms with Gasteiger partial charge in [-0.05, 0) is 0 Å². The summed E-state index contributed by atoms with van der Waals surface area (Å²) in [6, 6.07) is 0. The highest BCUT2D eigenvalue weighted by atomic mass is 16.2. The quantitative estimate of drug-likeness (QED) is 0.588. The van der Waals surface area contributed by atoms with Gasteiger partial charge in [-0.2, -0.15) is 5.10 Å². The highest BCUT2D eigenvalue weighted by Gasteiger charge is 2.09. The van der Waals surface area contributed by atoms with Crippen LogP contribution >= 0.6 is 0 Å². The van der Waals surface area contributed by atoms with Gasteiger partial charge in [0.15, 0.2) is 0 Å². The lowest BCUT2D eigenvalue weighted by Gasteiger charge is -1.98. The highest BCUT2D eigenvalue weighted by molar-refractivity contribution is 5.77. The number of aromatic amines is 1. The van der Waals surface area contributed by atoms with Crippen molar-refractivity contribution in [3.63, 3.8) is 0 Å². The number of amides is 1. The number of nitrogens with zero attached hydrogens (tertiary/aromatic N) is 4. The number of H-pyrrole nitrogens is 1. The van der Waals surface area contributed by atoms with Crippen molar-refractivity contribution in [1.82, 2.24) is 36.0 Å². The van der Waals surface area contributed by atoms with E-state index in [-0.39, 0.29) is 12.3 Å². The van der Waals surface area contributed by atoms with Gasteiger partial charge in [0.05, 0.1) is 12.6 Å². The molecule has 17 heavy (non-hydrogen) atoms. The number of carbonyl (C=O) groups is 1. The van der Waals surface area contributed by atoms with Crippen LogP contribution in [0.3, 0.4) is 0 Å². The molecule has 0 aliphatic rings. The molecule has 1 amide bonds. The maximum atomic E-state index is 11.3. The van der Waals surface area contributed by atoms with E-state index in [4.69, 9.17) is 0 Å². The van der Waals surface area contributed by atoms with E-state index >= 15 is 0 Å². The molecular weight excluding hydrogens is 222 g/mol. The van der Waals surface area contributed by atoms with Crippen molar-refractivity contribution in [2.75, 3.05) is 7.05 Å². The van der Waals surface area contributed by atoms with Crippen molar-refractivity contribution in [2.24, 2.45) is 0 Å². The van der Waals surface area contributed by atoms with E-state index in [9.17, 15) is 4.79 Å². The van der Waals surface area contributed by atoms with E-state index in [0.717, 1.165) is 0 Å². The standard InChI is InChI=1S/C9H11N7O/c1-10-15-8(17)4-7-13-9(16-14-7)6-5-11-2-3-12-6/h2-3,5,10H,4H2,1H3,(H,15,17)(H,13,14,16). The lowest BCUT2D eigenvalue weighted by molar-refractivity contribution is -0.121. The summed E-state index contributed by atoms with van der Waals surface area (Å²) in [5.41, 5.74) is 5.54. The molecule has 2 heterocycles. The van der Waals surface area contributed by atoms with Crippen molar-refractivity contribution in [1.29, 1.82) is 0 Å². The van der Waals surface area contributed by atoms with Crippen LogP contribution in [0, 0.1) is 0 Å². The molecule has 8 heteroatoms. The fourth-order valence-electron chi connectivity index (χ4n) is 1.24. The summed E-state index contributed by atoms with van der Waals surface area (Å²) in [6.45, 7) is 0. The van der Waals surface area contributed by atoms with Gasteiger partial charge in [0.25, 0.3) is 0 Å². The van der Waals surface area contributed by atoms with E-state index < -0.39 is 0 Å². The number of aromatic nitrogens is 5. The molecule has 8 nitrogen and oxygen atoms in total. The molecule has 2 rings (SSSR count). The molecule has 0 aliphatic carbocycles. The molecule has 0 atom stereocenters. The Hall–Kier alpha value is -2.35. The summed E-state index contributed by atoms with van der Waals surface area (Å²) in [5.74, 6) is 0.693. The summed E-state index contributed by atoms with van der Waals surface area (Å²) < 4.78 is 0. The second kappa shape index (κ2) is 5.12. The maximum absolute atomic E-state index is 11.3. The Labute approximate surface area is 96.9 Å². The molecule has 0 spiro atoms. The van der Waals surface area contributed by atoms with Gasteiger partial charge in [0, 0.05) is 19.4 Å². The second-order valence-electron chi connectivity index (χ2n) is 3.17. The first-order valence-electron chi connectivity index (χ1n) is 4.93. The molecule has 0 aliphatic heterocycles. The van der Waals surface area contributed by atoms with Gasteiger partial charge in [-0.25, -0.2) is 15.4 Å². The zero-order valence-corrected chi connectivity index (χ0v) is 9.14. The normalized spacial score (nSPS) is 10.2. The summed E-state index contributed by atoms with van der Waals surface area (Å²) in [4.78, 5) is 23.4. The first kappa shape index (κ1) is 11.1. The predicted molar refractivity (Wildman–Crippen MR) is 58.3 cm³/mol. The van der Waals surface area contributed by atoms with Crippen LogP contribution in [0.2, 0.25) is 0 Å². The third kappa shape index (κ3) is 2.82. The van der Waals surface area contributed by atoms with Gasteiger partial charge in [-0.3, -0.25) is 20.3 Å². The molecular formula is C9H11N7O. The Morgan fingerprint density at radius 2 is 2.35 bits per heavy atom. The van der Waals surface area contributed by atoms with Gasteiger partial charge in [0.1, 0.15) is 11.5 Å². The lowest BCUT2D eigenvalue weighted by atomic mass is 10.4. The van der Waals surface area contributed by atoms with Crippen LogP contribution in [-0.4, -0.2) is 38.1 Å². The third-order valence-electron chi connectivity index (χ3n) is 1.92. The average Bonchev–Trinajstić information content (AvgIpc) is 2.79. The minimum Gasteiger partial charge on any atom is -0.291 e. The number of hydrazine groups is 1. The monoisotopic (exact) mass is 233 g/mol. The average molecular weight is 233 g/mol. The molecule has 2 aromatic heterocycles. The van der Waals surface area contributed by atoms with Crippen LogP contribution in [-0.2, 0) is 11.2 Å². The summed E-state index contributed by atoms with van der Waals surface area (Å²) in [6.07, 6.45) is 4.80. The number of nitrogens with one attached hydrogen (secondary N) is 3. The molecule has 0 aromatic carbocycles. The van der Waals surface area contributed by atoms with Gasteiger partial charge < -0.3 is 0 Å². The fraction of sp³-hybridized carbons (Fsp3) is 0.222. The Morgan fingerprint density at radius 1 is 1.47 bits per heavy atom. The van der Waals surface area contributed by atoms with Crippen LogP contribution < -0.4 is 10.9 Å². The Morgan fingerprint density at radius 3 is 3.06 bits per heavy atom. The van der Waals surface area contributed by atoms with E-state index in [2.05, 4.69) is 36.0 Å². The Balaban J connectivity index is 2.09. The van der Waals surface area contributed by atoms with Crippen molar-refractivity contribution >= 4 is 5.91 Å². The van der Waals surface area contributed by atoms with E-state index in [1.807, 2.05) is 0 Å². The molecule has 0 unspecified atom stereocenters. The molecule has 2 aromatic rings. The summed E-state index contributed by atoms with van der Waals surface area (Å²) in [7, 11) is 1.61. The number of hydrogen-bond donors (Lipinski definition) is 3. The third-order valence-corrected chi connectivity index (χ3v) is 1.92. The number of hydrogen-bond acceptors (Lipinski definition) is 6. The smallest absolute Gasteiger partial charge is 0.241 e. The largest absolute Gasteiger partial charge is 0.291 e. The van der Waals surface area contributed by atoms with Gasteiger partial charge in [-0.1, -0.05) is 0 Å². The van der Waals surface area contributed by atoms with E-state index in [0.29, 0.717) is 17.3 Å². The van der Waals surface area contributed by atoms with Crippen molar-refractivity contribution in [3.05, 3.63) is 24.4 Å². The van der Waals surface area contributed by atoms with Gasteiger partial charge in [-0.15, -0.1) is 0 Å². The maximum Gasteiger partial charge on any atom is 0.241 e. The first-order chi connectivity index (χ1) is 8.29. The molecule has 88 valence electrons. The number of rotatable bonds is 4. The van der Waals surface area contributed by atoms with Crippen molar-refractivity contribution < 1.29 is 4.79 Å². The van der Waals surface area contributed by atoms with E-state index in [1.165, 1.54) is 0 Å². The zero-order chi connectivity index (χ0) is 12.1. The van der Waals surface area contributed by atoms with Crippen LogP contribution in [0.15, 0.2) is 18.6 Å². The summed E-state index contributed by atoms with van der Waals surface area (Å²) in [5, 5.41) is 6.64. The Kier molecular flexibility index (Phi) is 3.36. The van der Waals surface area contributed by atoms with Crippen LogP contribution in [0.25, 0.3) is 11.5 Å². The molecule has 0 bridgehead atoms. The molecule has 3 N–H and O–H groups in total. The van der Waals surface area contributed by atoms with Gasteiger partial charge in [0.2, 0.25) is 11.7 Å². The predicted octanol–water partition coefficient (Wildman–Crippen LogP) is -0.945. The van der Waals surface area contributed by atoms with Crippen molar-refractivity contribution in [2.45, 2.75) is 6.42 Å². The number of carbonyl (C=O) groups excluding carboxylic acids is 1. The Bertz CT molecular complexity index is 495. The van der Waals surface area contributed by atoms with Crippen LogP contribution in [0.1, 0.15) is 5.82 Å². The van der Waals surface area contributed by atoms with Crippen LogP contribution in [0.5, 0.6) is 0 Å². The lowest BCUT2D eigenvalue weighted by Crippen LogP contribution is -2.35. The van der Waals surface area contributed by atoms with Crippen molar-refractivity contribution in [3.8, 4) is 11.5 Å². The minimum atomic E-state index is -0.200. The SMILES string of the molecule is CNNC(=O)Cc1nc(-c2cnccn2)n[nH]1. The fourth-order valence-corrected chi connectivity index (χ4v) is 1.24. The summed E-state index contributed by atoms with van der Waals surface area (Å²) >= 11 is 0. The first-order valence-corrected chi connectivity index (χ1v) is 4.93.